The molecule has 0 radical (unpaired) electrons. The fourth-order valence-electron chi connectivity index (χ4n) is 0.656. The van der Waals surface area contributed by atoms with Gasteiger partial charge in [-0.15, -0.1) is 0 Å². The lowest BCUT2D eigenvalue weighted by Gasteiger charge is -2.02. The Kier molecular flexibility index (Phi) is 3.20. The maximum absolute atomic E-state index is 10.7. The van der Waals surface area contributed by atoms with Crippen LogP contribution in [0.15, 0.2) is 0 Å². The summed E-state index contributed by atoms with van der Waals surface area (Å²) in [5.41, 5.74) is 0. The SMILES string of the molecule is CCCCOC(=O)OC1CC1. The van der Waals surface area contributed by atoms with Crippen molar-refractivity contribution in [3.8, 4) is 0 Å². The van der Waals surface area contributed by atoms with Gasteiger partial charge in [0, 0.05) is 0 Å². The quantitative estimate of drug-likeness (QED) is 0.464. The van der Waals surface area contributed by atoms with Crippen LogP contribution >= 0.6 is 0 Å². The molecule has 0 aliphatic heterocycles. The number of hydrogen-bond donors (Lipinski definition) is 0. The van der Waals surface area contributed by atoms with Crippen molar-refractivity contribution in [1.82, 2.24) is 0 Å². The second-order valence-corrected chi connectivity index (χ2v) is 2.77. The van der Waals surface area contributed by atoms with E-state index in [9.17, 15) is 4.79 Å². The van der Waals surface area contributed by atoms with E-state index in [-0.39, 0.29) is 6.10 Å². The van der Waals surface area contributed by atoms with Gasteiger partial charge in [0.25, 0.3) is 0 Å². The smallest absolute Gasteiger partial charge is 0.434 e. The molecule has 1 aliphatic rings. The molecule has 1 fully saturated rings. The highest BCUT2D eigenvalue weighted by Gasteiger charge is 2.26. The summed E-state index contributed by atoms with van der Waals surface area (Å²) in [6, 6.07) is 0. The monoisotopic (exact) mass is 158 g/mol. The molecule has 1 aliphatic carbocycles. The van der Waals surface area contributed by atoms with Gasteiger partial charge in [-0.1, -0.05) is 13.3 Å². The Hall–Kier alpha value is -0.730. The topological polar surface area (TPSA) is 35.5 Å². The van der Waals surface area contributed by atoms with Crippen molar-refractivity contribution in [3.63, 3.8) is 0 Å². The average molecular weight is 158 g/mol. The van der Waals surface area contributed by atoms with Gasteiger partial charge in [-0.05, 0) is 19.3 Å². The zero-order valence-electron chi connectivity index (χ0n) is 6.84. The summed E-state index contributed by atoms with van der Waals surface area (Å²) in [5.74, 6) is 0. The summed E-state index contributed by atoms with van der Waals surface area (Å²) < 4.78 is 9.62. The second kappa shape index (κ2) is 4.21. The minimum atomic E-state index is -0.499. The van der Waals surface area contributed by atoms with E-state index in [1.54, 1.807) is 0 Å². The molecule has 11 heavy (non-hydrogen) atoms. The van der Waals surface area contributed by atoms with Gasteiger partial charge in [0.1, 0.15) is 6.10 Å². The molecule has 3 heteroatoms. The van der Waals surface area contributed by atoms with Crippen LogP contribution in [0.1, 0.15) is 32.6 Å². The third kappa shape index (κ3) is 3.86. The fraction of sp³-hybridized carbons (Fsp3) is 0.875. The minimum absolute atomic E-state index is 0.157. The average Bonchev–Trinajstić information content (AvgIpc) is 2.72. The Bertz CT molecular complexity index is 129. The van der Waals surface area contributed by atoms with Crippen LogP contribution in [0.3, 0.4) is 0 Å². The second-order valence-electron chi connectivity index (χ2n) is 2.77. The van der Waals surface area contributed by atoms with Gasteiger partial charge in [0.15, 0.2) is 0 Å². The van der Waals surface area contributed by atoms with Crippen LogP contribution in [-0.2, 0) is 9.47 Å². The van der Waals surface area contributed by atoms with Crippen molar-refractivity contribution in [3.05, 3.63) is 0 Å². The molecule has 0 heterocycles. The van der Waals surface area contributed by atoms with Gasteiger partial charge in [0.05, 0.1) is 6.61 Å². The van der Waals surface area contributed by atoms with E-state index in [0.29, 0.717) is 6.61 Å². The van der Waals surface area contributed by atoms with Gasteiger partial charge in [-0.25, -0.2) is 4.79 Å². The van der Waals surface area contributed by atoms with Crippen molar-refractivity contribution in [2.45, 2.75) is 38.7 Å². The first-order valence-corrected chi connectivity index (χ1v) is 4.16. The highest BCUT2D eigenvalue weighted by molar-refractivity contribution is 5.60. The number of hydrogen-bond acceptors (Lipinski definition) is 3. The molecule has 1 rings (SSSR count). The first kappa shape index (κ1) is 8.37. The van der Waals surface area contributed by atoms with Gasteiger partial charge in [-0.2, -0.15) is 0 Å². The predicted octanol–water partition coefficient (Wildman–Crippen LogP) is 2.10. The maximum Gasteiger partial charge on any atom is 0.508 e. The number of ether oxygens (including phenoxy) is 2. The van der Waals surface area contributed by atoms with Crippen LogP contribution in [0, 0.1) is 0 Å². The Labute approximate surface area is 66.7 Å². The summed E-state index contributed by atoms with van der Waals surface area (Å²) in [6.07, 6.45) is 3.62. The highest BCUT2D eigenvalue weighted by Crippen LogP contribution is 2.23. The summed E-state index contributed by atoms with van der Waals surface area (Å²) in [5, 5.41) is 0. The van der Waals surface area contributed by atoms with Gasteiger partial charge < -0.3 is 9.47 Å². The molecule has 0 aromatic carbocycles. The molecule has 0 unspecified atom stereocenters. The fourth-order valence-corrected chi connectivity index (χ4v) is 0.656. The molecule has 0 N–H and O–H groups in total. The van der Waals surface area contributed by atoms with Gasteiger partial charge >= 0.3 is 6.16 Å². The largest absolute Gasteiger partial charge is 0.508 e. The Balaban J connectivity index is 1.92. The van der Waals surface area contributed by atoms with Crippen molar-refractivity contribution >= 4 is 6.16 Å². The lowest BCUT2D eigenvalue weighted by atomic mass is 10.4. The summed E-state index contributed by atoms with van der Waals surface area (Å²) >= 11 is 0. The Morgan fingerprint density at radius 2 is 2.27 bits per heavy atom. The van der Waals surface area contributed by atoms with Crippen LogP contribution < -0.4 is 0 Å². The Morgan fingerprint density at radius 3 is 2.82 bits per heavy atom. The van der Waals surface area contributed by atoms with E-state index < -0.39 is 6.16 Å². The van der Waals surface area contributed by atoms with Crippen molar-refractivity contribution in [1.29, 1.82) is 0 Å². The van der Waals surface area contributed by atoms with Crippen LogP contribution in [-0.4, -0.2) is 18.9 Å². The van der Waals surface area contributed by atoms with Crippen LogP contribution in [0.25, 0.3) is 0 Å². The highest BCUT2D eigenvalue weighted by atomic mass is 16.7. The maximum atomic E-state index is 10.7. The van der Waals surface area contributed by atoms with Crippen LogP contribution in [0.4, 0.5) is 4.79 Å². The molecule has 0 saturated heterocycles. The first-order chi connectivity index (χ1) is 5.33. The minimum Gasteiger partial charge on any atom is -0.434 e. The zero-order chi connectivity index (χ0) is 8.10. The summed E-state index contributed by atoms with van der Waals surface area (Å²) in [4.78, 5) is 10.7. The molecule has 0 aromatic heterocycles. The van der Waals surface area contributed by atoms with Gasteiger partial charge in [-0.3, -0.25) is 0 Å². The van der Waals surface area contributed by atoms with Crippen molar-refractivity contribution < 1.29 is 14.3 Å². The molecule has 0 amide bonds. The number of carbonyl (C=O) groups excluding carboxylic acids is 1. The lowest BCUT2D eigenvalue weighted by Crippen LogP contribution is -2.09. The summed E-state index contributed by atoms with van der Waals surface area (Å²) in [7, 11) is 0. The third-order valence-electron chi connectivity index (χ3n) is 1.51. The van der Waals surface area contributed by atoms with Crippen LogP contribution in [0.2, 0.25) is 0 Å². The van der Waals surface area contributed by atoms with Gasteiger partial charge in [0.2, 0.25) is 0 Å². The lowest BCUT2D eigenvalue weighted by molar-refractivity contribution is 0.0490. The molecule has 64 valence electrons. The van der Waals surface area contributed by atoms with E-state index in [0.717, 1.165) is 25.7 Å². The number of rotatable bonds is 4. The molecular formula is C8H14O3. The molecule has 3 nitrogen and oxygen atoms in total. The molecule has 0 aromatic rings. The summed E-state index contributed by atoms with van der Waals surface area (Å²) in [6.45, 7) is 2.54. The normalized spacial score (nSPS) is 16.1. The van der Waals surface area contributed by atoms with Crippen molar-refractivity contribution in [2.75, 3.05) is 6.61 Å². The molecule has 1 saturated carbocycles. The van der Waals surface area contributed by atoms with E-state index in [1.165, 1.54) is 0 Å². The van der Waals surface area contributed by atoms with Crippen LogP contribution in [0.5, 0.6) is 0 Å². The predicted molar refractivity (Wildman–Crippen MR) is 40.4 cm³/mol. The number of unbranched alkanes of at least 4 members (excludes halogenated alkanes) is 1. The van der Waals surface area contributed by atoms with Crippen molar-refractivity contribution in [2.24, 2.45) is 0 Å². The first-order valence-electron chi connectivity index (χ1n) is 4.16. The molecule has 0 spiro atoms. The molecular weight excluding hydrogens is 144 g/mol. The Morgan fingerprint density at radius 1 is 1.55 bits per heavy atom. The van der Waals surface area contributed by atoms with E-state index in [1.807, 2.05) is 0 Å². The third-order valence-corrected chi connectivity index (χ3v) is 1.51. The van der Waals surface area contributed by atoms with E-state index in [4.69, 9.17) is 9.47 Å². The molecule has 0 bridgehead atoms. The van der Waals surface area contributed by atoms with E-state index >= 15 is 0 Å². The number of carbonyl (C=O) groups is 1. The molecule has 0 atom stereocenters. The standard InChI is InChI=1S/C8H14O3/c1-2-3-6-10-8(9)11-7-4-5-7/h7H,2-6H2,1H3. The zero-order valence-corrected chi connectivity index (χ0v) is 6.84. The van der Waals surface area contributed by atoms with E-state index in [2.05, 4.69) is 6.92 Å².